The van der Waals surface area contributed by atoms with Crippen LogP contribution >= 0.6 is 11.6 Å². The van der Waals surface area contributed by atoms with Crippen LogP contribution in [0.3, 0.4) is 0 Å². The Kier molecular flexibility index (Phi) is 6.26. The highest BCUT2D eigenvalue weighted by molar-refractivity contribution is 7.89. The summed E-state index contributed by atoms with van der Waals surface area (Å²) in [7, 11) is -2.05. The van der Waals surface area contributed by atoms with Gasteiger partial charge in [0.05, 0.1) is 22.2 Å². The van der Waals surface area contributed by atoms with Gasteiger partial charge in [0.2, 0.25) is 10.0 Å². The Morgan fingerprint density at radius 1 is 1.40 bits per heavy atom. The van der Waals surface area contributed by atoms with Crippen LogP contribution in [0.4, 0.5) is 5.69 Å². The highest BCUT2D eigenvalue weighted by atomic mass is 35.5. The number of ether oxygens (including phenoxy) is 1. The maximum Gasteiger partial charge on any atom is 0.243 e. The topological polar surface area (TPSA) is 72.6 Å². The predicted molar refractivity (Wildman–Crippen MR) is 81.3 cm³/mol. The van der Waals surface area contributed by atoms with Crippen LogP contribution in [0.15, 0.2) is 23.1 Å². The van der Waals surface area contributed by atoms with E-state index < -0.39 is 10.0 Å². The van der Waals surface area contributed by atoms with Crippen LogP contribution < -0.4 is 5.73 Å². The van der Waals surface area contributed by atoms with Gasteiger partial charge in [-0.15, -0.1) is 0 Å². The molecule has 0 saturated carbocycles. The summed E-state index contributed by atoms with van der Waals surface area (Å²) in [5.41, 5.74) is 5.93. The number of rotatable bonds is 7. The first-order chi connectivity index (χ1) is 9.28. The van der Waals surface area contributed by atoms with Crippen molar-refractivity contribution in [3.8, 4) is 0 Å². The number of halogens is 1. The van der Waals surface area contributed by atoms with E-state index in [-0.39, 0.29) is 16.5 Å². The summed E-state index contributed by atoms with van der Waals surface area (Å²) in [6, 6.07) is 4.35. The van der Waals surface area contributed by atoms with Crippen LogP contribution in [0.2, 0.25) is 5.02 Å². The number of hydrogen-bond donors (Lipinski definition) is 1. The van der Waals surface area contributed by atoms with Crippen molar-refractivity contribution >= 4 is 27.3 Å². The lowest BCUT2D eigenvalue weighted by atomic mass is 10.2. The quantitative estimate of drug-likeness (QED) is 0.782. The van der Waals surface area contributed by atoms with Crippen LogP contribution in [-0.4, -0.2) is 39.5 Å². The lowest BCUT2D eigenvalue weighted by molar-refractivity contribution is 0.175. The van der Waals surface area contributed by atoms with Crippen molar-refractivity contribution in [2.75, 3.05) is 32.5 Å². The molecule has 5 nitrogen and oxygen atoms in total. The van der Waals surface area contributed by atoms with Crippen LogP contribution in [0.1, 0.15) is 13.8 Å². The number of sulfonamides is 1. The predicted octanol–water partition coefficient (Wildman–Crippen LogP) is 2.22. The molecule has 0 unspecified atom stereocenters. The monoisotopic (exact) mass is 320 g/mol. The second kappa shape index (κ2) is 7.26. The summed E-state index contributed by atoms with van der Waals surface area (Å²) < 4.78 is 31.6. The van der Waals surface area contributed by atoms with Crippen LogP contribution in [0.25, 0.3) is 0 Å². The molecule has 114 valence electrons. The van der Waals surface area contributed by atoms with Crippen molar-refractivity contribution in [2.45, 2.75) is 18.7 Å². The average Bonchev–Trinajstić information content (AvgIpc) is 2.37. The Morgan fingerprint density at radius 3 is 2.55 bits per heavy atom. The largest absolute Gasteiger partial charge is 0.397 e. The zero-order valence-electron chi connectivity index (χ0n) is 12.0. The van der Waals surface area contributed by atoms with E-state index in [9.17, 15) is 8.42 Å². The summed E-state index contributed by atoms with van der Waals surface area (Å²) in [6.07, 6.45) is 0. The molecule has 1 aromatic carbocycles. The molecule has 0 radical (unpaired) electrons. The van der Waals surface area contributed by atoms with Gasteiger partial charge in [-0.3, -0.25) is 0 Å². The van der Waals surface area contributed by atoms with E-state index in [0.29, 0.717) is 24.7 Å². The Labute approximate surface area is 125 Å². The van der Waals surface area contributed by atoms with E-state index in [0.717, 1.165) is 0 Å². The fourth-order valence-corrected chi connectivity index (χ4v) is 3.48. The van der Waals surface area contributed by atoms with Gasteiger partial charge in [-0.1, -0.05) is 25.4 Å². The molecule has 7 heteroatoms. The number of anilines is 1. The van der Waals surface area contributed by atoms with E-state index in [2.05, 4.69) is 0 Å². The molecule has 0 bridgehead atoms. The number of methoxy groups -OCH3 is 1. The summed E-state index contributed by atoms with van der Waals surface area (Å²) >= 11 is 5.82. The molecular formula is C13H21ClN2O3S. The molecule has 0 fully saturated rings. The Hall–Kier alpha value is -0.820. The minimum absolute atomic E-state index is 0.149. The molecule has 20 heavy (non-hydrogen) atoms. The molecule has 2 N–H and O–H groups in total. The minimum Gasteiger partial charge on any atom is -0.397 e. The van der Waals surface area contributed by atoms with E-state index in [1.54, 1.807) is 7.11 Å². The van der Waals surface area contributed by atoms with Gasteiger partial charge < -0.3 is 10.5 Å². The Morgan fingerprint density at radius 2 is 2.05 bits per heavy atom. The summed E-state index contributed by atoms with van der Waals surface area (Å²) in [4.78, 5) is 0.149. The molecule has 0 aromatic heterocycles. The number of nitrogens with two attached hydrogens (primary N) is 1. The normalized spacial score (nSPS) is 12.3. The first-order valence-electron chi connectivity index (χ1n) is 6.33. The highest BCUT2D eigenvalue weighted by Gasteiger charge is 2.25. The average molecular weight is 321 g/mol. The molecule has 0 amide bonds. The number of hydrogen-bond acceptors (Lipinski definition) is 4. The smallest absolute Gasteiger partial charge is 0.243 e. The fraction of sp³-hybridized carbons (Fsp3) is 0.538. The zero-order valence-corrected chi connectivity index (χ0v) is 13.5. The second-order valence-corrected chi connectivity index (χ2v) is 7.28. The molecule has 0 heterocycles. The SMILES string of the molecule is COCCN(CC(C)C)S(=O)(=O)c1ccc(Cl)c(N)c1. The Balaban J connectivity index is 3.10. The van der Waals surface area contributed by atoms with E-state index in [1.807, 2.05) is 13.8 Å². The van der Waals surface area contributed by atoms with Gasteiger partial charge in [-0.25, -0.2) is 8.42 Å². The lowest BCUT2D eigenvalue weighted by Gasteiger charge is -2.23. The molecule has 1 aromatic rings. The summed E-state index contributed by atoms with van der Waals surface area (Å²) in [6.45, 7) is 5.00. The van der Waals surface area contributed by atoms with E-state index >= 15 is 0 Å². The standard InChI is InChI=1S/C13H21ClN2O3S/c1-10(2)9-16(6-7-19-3)20(17,18)11-4-5-12(14)13(15)8-11/h4-5,8,10H,6-7,9,15H2,1-3H3. The van der Waals surface area contributed by atoms with Crippen molar-refractivity contribution in [3.05, 3.63) is 23.2 Å². The fourth-order valence-electron chi connectivity index (χ4n) is 1.74. The molecule has 1 rings (SSSR count). The third-order valence-corrected chi connectivity index (χ3v) is 4.92. The molecule has 0 spiro atoms. The maximum atomic E-state index is 12.6. The molecular weight excluding hydrogens is 300 g/mol. The molecule has 0 aliphatic carbocycles. The van der Waals surface area contributed by atoms with Crippen molar-refractivity contribution in [3.63, 3.8) is 0 Å². The highest BCUT2D eigenvalue weighted by Crippen LogP contribution is 2.24. The van der Waals surface area contributed by atoms with Crippen molar-refractivity contribution < 1.29 is 13.2 Å². The summed E-state index contributed by atoms with van der Waals surface area (Å²) in [5, 5.41) is 0.344. The van der Waals surface area contributed by atoms with Gasteiger partial charge in [-0.2, -0.15) is 4.31 Å². The zero-order chi connectivity index (χ0) is 15.3. The molecule has 0 aliphatic heterocycles. The Bertz CT molecular complexity index is 547. The molecule has 0 aliphatic rings. The van der Waals surface area contributed by atoms with Gasteiger partial charge in [-0.05, 0) is 24.1 Å². The van der Waals surface area contributed by atoms with Crippen molar-refractivity contribution in [1.29, 1.82) is 0 Å². The maximum absolute atomic E-state index is 12.6. The molecule has 0 atom stereocenters. The van der Waals surface area contributed by atoms with Crippen LogP contribution in [0.5, 0.6) is 0 Å². The lowest BCUT2D eigenvalue weighted by Crippen LogP contribution is -2.36. The molecule has 0 saturated heterocycles. The number of benzene rings is 1. The van der Waals surface area contributed by atoms with E-state index in [1.165, 1.54) is 22.5 Å². The van der Waals surface area contributed by atoms with Crippen LogP contribution in [0, 0.1) is 5.92 Å². The first-order valence-corrected chi connectivity index (χ1v) is 8.15. The summed E-state index contributed by atoms with van der Waals surface area (Å²) in [5.74, 6) is 0.214. The van der Waals surface area contributed by atoms with Crippen molar-refractivity contribution in [1.82, 2.24) is 4.31 Å². The van der Waals surface area contributed by atoms with Gasteiger partial charge in [0.1, 0.15) is 0 Å². The number of nitrogens with zero attached hydrogens (tertiary/aromatic N) is 1. The van der Waals surface area contributed by atoms with Crippen LogP contribution in [-0.2, 0) is 14.8 Å². The van der Waals surface area contributed by atoms with Gasteiger partial charge in [0.25, 0.3) is 0 Å². The second-order valence-electron chi connectivity index (χ2n) is 4.93. The minimum atomic E-state index is -3.59. The third kappa shape index (κ3) is 4.34. The van der Waals surface area contributed by atoms with Gasteiger partial charge in [0.15, 0.2) is 0 Å². The number of nitrogen functional groups attached to an aromatic ring is 1. The first kappa shape index (κ1) is 17.2. The van der Waals surface area contributed by atoms with Crippen molar-refractivity contribution in [2.24, 2.45) is 5.92 Å². The third-order valence-electron chi connectivity index (χ3n) is 2.72. The van der Waals surface area contributed by atoms with Gasteiger partial charge >= 0.3 is 0 Å². The van der Waals surface area contributed by atoms with Gasteiger partial charge in [0, 0.05) is 20.2 Å². The van der Waals surface area contributed by atoms with E-state index in [4.69, 9.17) is 22.1 Å².